The summed E-state index contributed by atoms with van der Waals surface area (Å²) in [5.74, 6) is 0.253. The molecule has 1 atom stereocenters. The zero-order valence-electron chi connectivity index (χ0n) is 15.2. The molecule has 2 aromatic rings. The van der Waals surface area contributed by atoms with Gasteiger partial charge in [0.1, 0.15) is 4.90 Å². The van der Waals surface area contributed by atoms with Crippen molar-refractivity contribution in [1.82, 2.24) is 9.46 Å². The Balaban J connectivity index is 2.01. The van der Waals surface area contributed by atoms with Crippen LogP contribution in [0.5, 0.6) is 0 Å². The molecule has 0 bridgehead atoms. The molecule has 1 amide bonds. The predicted molar refractivity (Wildman–Crippen MR) is 97.2 cm³/mol. The molecule has 0 radical (unpaired) electrons. The molecule has 1 aromatic heterocycles. The molecular formula is C18H23N3O4S. The molecule has 1 aliphatic rings. The summed E-state index contributed by atoms with van der Waals surface area (Å²) >= 11 is 0. The van der Waals surface area contributed by atoms with Gasteiger partial charge in [-0.3, -0.25) is 4.79 Å². The van der Waals surface area contributed by atoms with Gasteiger partial charge in [0.05, 0.1) is 17.4 Å². The number of sulfonamides is 1. The van der Waals surface area contributed by atoms with Crippen molar-refractivity contribution < 1.29 is 17.7 Å². The SMILES string of the molecule is CCc1cc([C@@H]2CCCN2S(=O)(=O)c2cc(C)ccc2NC(C)=O)on1. The Hall–Kier alpha value is -2.19. The summed E-state index contributed by atoms with van der Waals surface area (Å²) in [5.41, 5.74) is 1.90. The van der Waals surface area contributed by atoms with Gasteiger partial charge in [-0.05, 0) is 43.9 Å². The summed E-state index contributed by atoms with van der Waals surface area (Å²) in [7, 11) is -3.80. The normalized spacial score (nSPS) is 18.2. The van der Waals surface area contributed by atoms with Crippen LogP contribution in [0.1, 0.15) is 49.7 Å². The molecule has 1 aromatic carbocycles. The number of hydrogen-bond acceptors (Lipinski definition) is 5. The summed E-state index contributed by atoms with van der Waals surface area (Å²) in [6.45, 7) is 5.55. The van der Waals surface area contributed by atoms with Crippen LogP contribution in [0.2, 0.25) is 0 Å². The zero-order chi connectivity index (χ0) is 18.9. The quantitative estimate of drug-likeness (QED) is 0.864. The Bertz CT molecular complexity index is 920. The van der Waals surface area contributed by atoms with Gasteiger partial charge in [-0.1, -0.05) is 18.1 Å². The van der Waals surface area contributed by atoms with E-state index < -0.39 is 10.0 Å². The third kappa shape index (κ3) is 3.52. The van der Waals surface area contributed by atoms with Crippen LogP contribution in [0, 0.1) is 6.92 Å². The number of benzene rings is 1. The largest absolute Gasteiger partial charge is 0.359 e. The van der Waals surface area contributed by atoms with Crippen molar-refractivity contribution in [2.24, 2.45) is 0 Å². The summed E-state index contributed by atoms with van der Waals surface area (Å²) in [6, 6.07) is 6.43. The average Bonchev–Trinajstić information content (AvgIpc) is 3.24. The standard InChI is InChI=1S/C18H23N3O4S/c1-4-14-11-17(25-20-14)16-6-5-9-21(16)26(23,24)18-10-12(2)7-8-15(18)19-13(3)22/h7-8,10-11,16H,4-6,9H2,1-3H3,(H,19,22)/t16-/m0/s1. The number of rotatable bonds is 5. The molecule has 2 heterocycles. The van der Waals surface area contributed by atoms with E-state index in [1.807, 2.05) is 19.9 Å². The number of carbonyl (C=O) groups is 1. The second-order valence-corrected chi connectivity index (χ2v) is 8.39. The summed E-state index contributed by atoms with van der Waals surface area (Å²) < 4.78 is 33.6. The number of nitrogens with one attached hydrogen (secondary N) is 1. The maximum atomic E-state index is 13.4. The van der Waals surface area contributed by atoms with Crippen molar-refractivity contribution in [3.63, 3.8) is 0 Å². The number of anilines is 1. The van der Waals surface area contributed by atoms with Crippen molar-refractivity contribution in [2.75, 3.05) is 11.9 Å². The van der Waals surface area contributed by atoms with Gasteiger partial charge >= 0.3 is 0 Å². The van der Waals surface area contributed by atoms with Crippen LogP contribution in [0.4, 0.5) is 5.69 Å². The van der Waals surface area contributed by atoms with Crippen LogP contribution in [0.15, 0.2) is 33.7 Å². The van der Waals surface area contributed by atoms with Gasteiger partial charge in [0.15, 0.2) is 5.76 Å². The molecule has 0 saturated carbocycles. The maximum absolute atomic E-state index is 13.4. The highest BCUT2D eigenvalue weighted by atomic mass is 32.2. The molecule has 0 spiro atoms. The topological polar surface area (TPSA) is 92.5 Å². The van der Waals surface area contributed by atoms with Crippen LogP contribution >= 0.6 is 0 Å². The molecule has 0 aliphatic carbocycles. The van der Waals surface area contributed by atoms with Gasteiger partial charge in [-0.25, -0.2) is 8.42 Å². The van der Waals surface area contributed by atoms with Gasteiger partial charge in [-0.2, -0.15) is 4.31 Å². The van der Waals surface area contributed by atoms with Gasteiger partial charge in [-0.15, -0.1) is 0 Å². The van der Waals surface area contributed by atoms with Crippen molar-refractivity contribution in [3.8, 4) is 0 Å². The molecule has 3 rings (SSSR count). The molecule has 7 nitrogen and oxygen atoms in total. The van der Waals surface area contributed by atoms with Crippen LogP contribution < -0.4 is 5.32 Å². The molecule has 0 unspecified atom stereocenters. The van der Waals surface area contributed by atoms with Crippen molar-refractivity contribution >= 4 is 21.6 Å². The van der Waals surface area contributed by atoms with Gasteiger partial charge in [0.2, 0.25) is 15.9 Å². The molecule has 26 heavy (non-hydrogen) atoms. The van der Waals surface area contributed by atoms with Crippen LogP contribution in [0.25, 0.3) is 0 Å². The Morgan fingerprint density at radius 3 is 2.81 bits per heavy atom. The number of hydrogen-bond donors (Lipinski definition) is 1. The monoisotopic (exact) mass is 377 g/mol. The minimum atomic E-state index is -3.80. The minimum absolute atomic E-state index is 0.106. The first-order valence-electron chi connectivity index (χ1n) is 8.68. The van der Waals surface area contributed by atoms with E-state index in [4.69, 9.17) is 4.52 Å². The lowest BCUT2D eigenvalue weighted by Gasteiger charge is -2.23. The van der Waals surface area contributed by atoms with Crippen molar-refractivity contribution in [3.05, 3.63) is 41.3 Å². The zero-order valence-corrected chi connectivity index (χ0v) is 16.0. The lowest BCUT2D eigenvalue weighted by molar-refractivity contribution is -0.114. The Kier molecular flexibility index (Phi) is 5.15. The van der Waals surface area contributed by atoms with E-state index >= 15 is 0 Å². The van der Waals surface area contributed by atoms with E-state index in [0.29, 0.717) is 24.4 Å². The highest BCUT2D eigenvalue weighted by Gasteiger charge is 2.39. The van der Waals surface area contributed by atoms with Crippen molar-refractivity contribution in [2.45, 2.75) is 51.0 Å². The number of aryl methyl sites for hydroxylation is 2. The molecule has 140 valence electrons. The third-order valence-electron chi connectivity index (χ3n) is 4.51. The average molecular weight is 377 g/mol. The summed E-state index contributed by atoms with van der Waals surface area (Å²) in [6.07, 6.45) is 2.15. The second-order valence-electron chi connectivity index (χ2n) is 6.53. The van der Waals surface area contributed by atoms with E-state index in [0.717, 1.165) is 24.1 Å². The van der Waals surface area contributed by atoms with Crippen LogP contribution in [0.3, 0.4) is 0 Å². The highest BCUT2D eigenvalue weighted by molar-refractivity contribution is 7.89. The third-order valence-corrected chi connectivity index (χ3v) is 6.45. The fourth-order valence-corrected chi connectivity index (χ4v) is 5.12. The first-order chi connectivity index (χ1) is 12.3. The number of amides is 1. The maximum Gasteiger partial charge on any atom is 0.245 e. The molecule has 1 fully saturated rings. The van der Waals surface area contributed by atoms with Gasteiger partial charge < -0.3 is 9.84 Å². The highest BCUT2D eigenvalue weighted by Crippen LogP contribution is 2.38. The van der Waals surface area contributed by atoms with E-state index in [1.165, 1.54) is 11.2 Å². The molecular weight excluding hydrogens is 354 g/mol. The van der Waals surface area contributed by atoms with Crippen LogP contribution in [-0.4, -0.2) is 30.3 Å². The molecule has 1 N–H and O–H groups in total. The van der Waals surface area contributed by atoms with E-state index in [2.05, 4.69) is 10.5 Å². The molecule has 1 saturated heterocycles. The number of aromatic nitrogens is 1. The fraction of sp³-hybridized carbons (Fsp3) is 0.444. The van der Waals surface area contributed by atoms with E-state index in [1.54, 1.807) is 18.2 Å². The van der Waals surface area contributed by atoms with Gasteiger partial charge in [0.25, 0.3) is 0 Å². The number of carbonyl (C=O) groups excluding carboxylic acids is 1. The van der Waals surface area contributed by atoms with E-state index in [-0.39, 0.29) is 16.8 Å². The smallest absolute Gasteiger partial charge is 0.245 e. The fourth-order valence-electron chi connectivity index (χ4n) is 3.23. The minimum Gasteiger partial charge on any atom is -0.359 e. The lowest BCUT2D eigenvalue weighted by atomic mass is 10.1. The first kappa shape index (κ1) is 18.6. The Morgan fingerprint density at radius 2 is 2.15 bits per heavy atom. The predicted octanol–water partition coefficient (Wildman–Crippen LogP) is 3.03. The van der Waals surface area contributed by atoms with Crippen LogP contribution in [-0.2, 0) is 21.2 Å². The summed E-state index contributed by atoms with van der Waals surface area (Å²) in [5, 5.41) is 6.60. The first-order valence-corrected chi connectivity index (χ1v) is 10.1. The van der Waals surface area contributed by atoms with Gasteiger partial charge in [0, 0.05) is 19.5 Å². The Morgan fingerprint density at radius 1 is 1.38 bits per heavy atom. The molecule has 1 aliphatic heterocycles. The van der Waals surface area contributed by atoms with E-state index in [9.17, 15) is 13.2 Å². The summed E-state index contributed by atoms with van der Waals surface area (Å²) in [4.78, 5) is 11.6. The molecule has 8 heteroatoms. The van der Waals surface area contributed by atoms with Crippen molar-refractivity contribution in [1.29, 1.82) is 0 Å². The second kappa shape index (κ2) is 7.20. The lowest BCUT2D eigenvalue weighted by Crippen LogP contribution is -2.31. The number of nitrogens with zero attached hydrogens (tertiary/aromatic N) is 2. The Labute approximate surface area is 153 Å².